The zero-order valence-electron chi connectivity index (χ0n) is 22.7. The molecule has 2 aromatic carbocycles. The zero-order chi connectivity index (χ0) is 31.6. The first-order chi connectivity index (χ1) is 20.1. The number of rotatable bonds is 10. The minimum atomic E-state index is -5.08. The molecule has 0 aliphatic heterocycles. The highest BCUT2D eigenvalue weighted by Gasteiger charge is 2.44. The van der Waals surface area contributed by atoms with Crippen molar-refractivity contribution in [1.29, 1.82) is 0 Å². The molecule has 1 unspecified atom stereocenters. The summed E-state index contributed by atoms with van der Waals surface area (Å²) >= 11 is 12.8. The molecule has 0 amide bonds. The van der Waals surface area contributed by atoms with Crippen LogP contribution in [-0.2, 0) is 48.0 Å². The van der Waals surface area contributed by atoms with Crippen LogP contribution in [0.1, 0.15) is 36.1 Å². The van der Waals surface area contributed by atoms with E-state index in [9.17, 15) is 22.2 Å². The number of ketones is 1. The number of nitrogens with zero attached hydrogens (tertiary/aromatic N) is 2. The zero-order valence-corrected chi connectivity index (χ0v) is 25.9. The third-order valence-electron chi connectivity index (χ3n) is 6.77. The number of methoxy groups -OCH3 is 1. The van der Waals surface area contributed by atoms with Crippen LogP contribution in [0.5, 0.6) is 5.75 Å². The first kappa shape index (κ1) is 32.9. The van der Waals surface area contributed by atoms with Gasteiger partial charge in [0.05, 0.1) is 58.6 Å². The number of carbonyl (C=O) groups is 2. The molecule has 0 bridgehead atoms. The van der Waals surface area contributed by atoms with Gasteiger partial charge in [-0.1, -0.05) is 41.9 Å². The molecule has 4 aromatic rings. The fourth-order valence-electron chi connectivity index (χ4n) is 4.36. The van der Waals surface area contributed by atoms with Crippen LogP contribution in [0.3, 0.4) is 0 Å². The molecule has 15 heteroatoms. The number of benzene rings is 2. The quantitative estimate of drug-likeness (QED) is 0.219. The summed E-state index contributed by atoms with van der Waals surface area (Å²) in [5, 5.41) is 12.8. The third-order valence-corrected chi connectivity index (χ3v) is 11.5. The lowest BCUT2D eigenvalue weighted by Gasteiger charge is -2.09. The van der Waals surface area contributed by atoms with Crippen molar-refractivity contribution in [2.75, 3.05) is 7.11 Å². The summed E-state index contributed by atoms with van der Waals surface area (Å²) < 4.78 is 53.8. The van der Waals surface area contributed by atoms with E-state index in [-0.39, 0.29) is 11.5 Å². The number of hydrogen-bond acceptors (Lipinski definition) is 8. The molecule has 8 nitrogen and oxygen atoms in total. The van der Waals surface area contributed by atoms with Gasteiger partial charge in [-0.05, 0) is 65.8 Å². The molecule has 0 radical (unpaired) electrons. The Balaban J connectivity index is 0.000000541. The summed E-state index contributed by atoms with van der Waals surface area (Å²) in [6.45, 7) is 0.510. The van der Waals surface area contributed by atoms with Gasteiger partial charge in [0, 0.05) is 6.42 Å². The lowest BCUT2D eigenvalue weighted by molar-refractivity contribution is -0.192. The number of carbonyl (C=O) groups excluding carboxylic acids is 1. The Kier molecular flexibility index (Phi) is 9.86. The van der Waals surface area contributed by atoms with Crippen molar-refractivity contribution in [3.63, 3.8) is 0 Å². The maximum atomic E-state index is 13.5. The van der Waals surface area contributed by atoms with Crippen LogP contribution >= 0.6 is 22.9 Å². The molecule has 1 aliphatic rings. The standard InChI is InChI=1S/C26H26ClN3O3S3.C2HF3O2/c1-33-21-7-3-6-20-25(21)19(16-36(32,34)24-11-10-23(27)35-24)29-30(20)15-18-5-2-4-17(14-18)8-9-22(31)26(28)12-13-26;3-2(4,5)1(6)7/h2-7,10-11,14H,8-9,12-13,15-16,28H2,1H3;(H,6,7). The second kappa shape index (κ2) is 12.9. The predicted octanol–water partition coefficient (Wildman–Crippen LogP) is 5.74. The number of fused-ring (bicyclic) bond motifs is 1. The monoisotopic (exact) mass is 673 g/mol. The van der Waals surface area contributed by atoms with Gasteiger partial charge in [-0.2, -0.15) is 18.3 Å². The van der Waals surface area contributed by atoms with Crippen LogP contribution in [0.2, 0.25) is 4.34 Å². The number of thiophene rings is 1. The number of alkyl halides is 3. The second-order valence-electron chi connectivity index (χ2n) is 9.98. The molecular formula is C28H27ClF3N3O5S3. The summed E-state index contributed by atoms with van der Waals surface area (Å²) in [4.78, 5) is 21.2. The topological polar surface area (TPSA) is 125 Å². The van der Waals surface area contributed by atoms with Crippen LogP contribution in [0, 0.1) is 0 Å². The minimum Gasteiger partial charge on any atom is -0.496 e. The van der Waals surface area contributed by atoms with E-state index < -0.39 is 26.2 Å². The number of carboxylic acids is 1. The largest absolute Gasteiger partial charge is 0.496 e. The van der Waals surface area contributed by atoms with Crippen LogP contribution in [0.25, 0.3) is 10.9 Å². The highest BCUT2D eigenvalue weighted by atomic mass is 35.5. The molecule has 2 aromatic heterocycles. The first-order valence-electron chi connectivity index (χ1n) is 12.8. The number of nitrogens with two attached hydrogens (primary N) is 1. The Hall–Kier alpha value is -3.04. The average Bonchev–Trinajstić information content (AvgIpc) is 3.39. The van der Waals surface area contributed by atoms with Gasteiger partial charge in [0.1, 0.15) is 5.75 Å². The number of aliphatic carboxylic acids is 1. The Morgan fingerprint density at radius 3 is 2.42 bits per heavy atom. The van der Waals surface area contributed by atoms with Gasteiger partial charge in [-0.15, -0.1) is 11.3 Å². The molecule has 2 heterocycles. The highest BCUT2D eigenvalue weighted by Crippen LogP contribution is 2.35. The number of aromatic nitrogens is 2. The fraction of sp³-hybridized carbons (Fsp3) is 0.321. The summed E-state index contributed by atoms with van der Waals surface area (Å²) in [5.74, 6) is -1.85. The molecule has 5 rings (SSSR count). The van der Waals surface area contributed by atoms with Crippen LogP contribution in [0.4, 0.5) is 13.2 Å². The van der Waals surface area contributed by atoms with E-state index in [2.05, 4.69) is 6.07 Å². The number of hydrogen-bond donors (Lipinski definition) is 2. The van der Waals surface area contributed by atoms with E-state index in [4.69, 9.17) is 48.3 Å². The van der Waals surface area contributed by atoms with E-state index in [1.54, 1.807) is 19.2 Å². The maximum Gasteiger partial charge on any atom is 0.490 e. The van der Waals surface area contributed by atoms with Crippen molar-refractivity contribution in [3.8, 4) is 5.75 Å². The van der Waals surface area contributed by atoms with Gasteiger partial charge < -0.3 is 15.6 Å². The number of Topliss-reactive ketones (excluding diaryl/α,β-unsaturated/α-hetero) is 1. The third kappa shape index (κ3) is 8.12. The van der Waals surface area contributed by atoms with Gasteiger partial charge in [-0.3, -0.25) is 13.7 Å². The lowest BCUT2D eigenvalue weighted by atomic mass is 10.0. The van der Waals surface area contributed by atoms with Gasteiger partial charge in [0.2, 0.25) is 0 Å². The summed E-state index contributed by atoms with van der Waals surface area (Å²) in [6, 6.07) is 17.3. The maximum absolute atomic E-state index is 13.5. The first-order valence-corrected chi connectivity index (χ1v) is 16.7. The normalized spacial score (nSPS) is 15.3. The van der Waals surface area contributed by atoms with Crippen molar-refractivity contribution in [1.82, 2.24) is 9.78 Å². The van der Waals surface area contributed by atoms with Crippen molar-refractivity contribution in [2.45, 2.75) is 53.9 Å². The van der Waals surface area contributed by atoms with E-state index in [0.717, 1.165) is 34.9 Å². The highest BCUT2D eigenvalue weighted by molar-refractivity contribution is 8.33. The van der Waals surface area contributed by atoms with Gasteiger partial charge >= 0.3 is 12.1 Å². The molecule has 3 N–H and O–H groups in total. The van der Waals surface area contributed by atoms with Gasteiger partial charge in [-0.25, -0.2) is 4.79 Å². The van der Waals surface area contributed by atoms with Crippen molar-refractivity contribution in [2.24, 2.45) is 5.73 Å². The van der Waals surface area contributed by atoms with Crippen LogP contribution in [0.15, 0.2) is 58.8 Å². The molecule has 0 saturated heterocycles. The number of ether oxygens (including phenoxy) is 1. The molecule has 1 aliphatic carbocycles. The van der Waals surface area contributed by atoms with Gasteiger partial charge in [0.25, 0.3) is 0 Å². The molecule has 1 atom stereocenters. The molecule has 0 spiro atoms. The van der Waals surface area contributed by atoms with Crippen molar-refractivity contribution >= 4 is 65.3 Å². The second-order valence-corrected chi connectivity index (χ2v) is 15.5. The summed E-state index contributed by atoms with van der Waals surface area (Å²) in [5.41, 5.74) is 9.10. The van der Waals surface area contributed by atoms with E-state index >= 15 is 0 Å². The SMILES string of the molecule is COc1cccc2c1c(CS(=O)(=S)c1ccc(Cl)s1)nn2Cc1cccc(CCC(=O)C2(N)CC2)c1.O=C(O)C(F)(F)F. The van der Waals surface area contributed by atoms with E-state index in [1.165, 1.54) is 11.3 Å². The van der Waals surface area contributed by atoms with Crippen LogP contribution in [-0.4, -0.2) is 49.7 Å². The Morgan fingerprint density at radius 2 is 1.84 bits per heavy atom. The van der Waals surface area contributed by atoms with E-state index in [1.807, 2.05) is 41.1 Å². The predicted molar refractivity (Wildman–Crippen MR) is 162 cm³/mol. The fourth-order valence-corrected chi connectivity index (χ4v) is 8.01. The number of aryl methyl sites for hydroxylation is 1. The molecule has 1 fully saturated rings. The Morgan fingerprint density at radius 1 is 1.19 bits per heavy atom. The number of halogens is 4. The minimum absolute atomic E-state index is 0.103. The van der Waals surface area contributed by atoms with E-state index in [0.29, 0.717) is 39.4 Å². The average molecular weight is 674 g/mol. The summed E-state index contributed by atoms with van der Waals surface area (Å²) in [7, 11) is -1.19. The Labute approximate surface area is 259 Å². The van der Waals surface area contributed by atoms with Gasteiger partial charge in [0.15, 0.2) is 5.78 Å². The number of carboxylic acid groups (broad SMARTS) is 1. The lowest BCUT2D eigenvalue weighted by Crippen LogP contribution is -2.32. The summed E-state index contributed by atoms with van der Waals surface area (Å²) in [6.07, 6.45) is -2.39. The van der Waals surface area contributed by atoms with Crippen LogP contribution < -0.4 is 10.5 Å². The molecular weight excluding hydrogens is 647 g/mol. The Bertz CT molecular complexity index is 1770. The van der Waals surface area contributed by atoms with Crippen molar-refractivity contribution < 1.29 is 36.8 Å². The smallest absolute Gasteiger partial charge is 0.490 e. The van der Waals surface area contributed by atoms with Crippen molar-refractivity contribution in [3.05, 3.63) is 75.8 Å². The molecule has 1 saturated carbocycles. The molecule has 230 valence electrons. The molecule has 43 heavy (non-hydrogen) atoms.